The highest BCUT2D eigenvalue weighted by Crippen LogP contribution is 2.23. The van der Waals surface area contributed by atoms with Crippen LogP contribution in [0.5, 0.6) is 0 Å². The summed E-state index contributed by atoms with van der Waals surface area (Å²) in [5.41, 5.74) is 2.31. The summed E-state index contributed by atoms with van der Waals surface area (Å²) in [6, 6.07) is 23.2. The lowest BCUT2D eigenvalue weighted by atomic mass is 9.91. The second kappa shape index (κ2) is 17.8. The smallest absolute Gasteiger partial charge is 0.326 e. The summed E-state index contributed by atoms with van der Waals surface area (Å²) in [7, 11) is 2.96. The number of hydrogen-bond acceptors (Lipinski definition) is 5. The van der Waals surface area contributed by atoms with Gasteiger partial charge < -0.3 is 25.5 Å². The van der Waals surface area contributed by atoms with E-state index in [1.165, 1.54) is 30.8 Å². The molecule has 0 saturated carbocycles. The summed E-state index contributed by atoms with van der Waals surface area (Å²) in [5, 5.41) is 15.9. The van der Waals surface area contributed by atoms with Crippen LogP contribution in [-0.4, -0.2) is 82.8 Å². The normalized spacial score (nSPS) is 14.7. The Bertz CT molecular complexity index is 1520. The molecule has 0 radical (unpaired) electrons. The molecular formula is C38H48N4O6. The van der Waals surface area contributed by atoms with E-state index in [0.717, 1.165) is 16.7 Å². The van der Waals surface area contributed by atoms with Crippen LogP contribution in [0.25, 0.3) is 0 Å². The van der Waals surface area contributed by atoms with Gasteiger partial charge in [0.2, 0.25) is 23.6 Å². The molecule has 256 valence electrons. The van der Waals surface area contributed by atoms with Gasteiger partial charge in [-0.3, -0.25) is 19.2 Å². The maximum atomic E-state index is 14.4. The van der Waals surface area contributed by atoms with E-state index in [9.17, 15) is 29.1 Å². The van der Waals surface area contributed by atoms with E-state index >= 15 is 0 Å². The van der Waals surface area contributed by atoms with Crippen molar-refractivity contribution in [1.82, 2.24) is 20.4 Å². The van der Waals surface area contributed by atoms with Gasteiger partial charge in [-0.2, -0.15) is 0 Å². The van der Waals surface area contributed by atoms with Gasteiger partial charge in [0.15, 0.2) is 0 Å². The molecule has 3 aromatic rings. The van der Waals surface area contributed by atoms with Crippen LogP contribution in [0.2, 0.25) is 0 Å². The van der Waals surface area contributed by atoms with E-state index in [2.05, 4.69) is 10.6 Å². The Morgan fingerprint density at radius 3 is 1.56 bits per heavy atom. The van der Waals surface area contributed by atoms with Gasteiger partial charge in [0.05, 0.1) is 0 Å². The molecule has 0 aliphatic heterocycles. The van der Waals surface area contributed by atoms with Crippen molar-refractivity contribution in [3.63, 3.8) is 0 Å². The molecule has 0 aliphatic carbocycles. The Kier molecular flexibility index (Phi) is 13.9. The molecule has 0 spiro atoms. The highest BCUT2D eigenvalue weighted by atomic mass is 16.4. The van der Waals surface area contributed by atoms with Crippen molar-refractivity contribution in [2.75, 3.05) is 14.1 Å². The molecule has 0 bridgehead atoms. The first kappa shape index (κ1) is 37.5. The summed E-state index contributed by atoms with van der Waals surface area (Å²) < 4.78 is 0. The molecule has 3 aromatic carbocycles. The number of nitrogens with zero attached hydrogens (tertiary/aromatic N) is 2. The molecule has 6 unspecified atom stereocenters. The van der Waals surface area contributed by atoms with Crippen molar-refractivity contribution in [2.45, 2.75) is 77.0 Å². The topological polar surface area (TPSA) is 136 Å². The minimum atomic E-state index is -1.19. The van der Waals surface area contributed by atoms with Crippen molar-refractivity contribution in [2.24, 2.45) is 5.92 Å². The van der Waals surface area contributed by atoms with Crippen molar-refractivity contribution < 1.29 is 29.1 Å². The van der Waals surface area contributed by atoms with Gasteiger partial charge in [-0.1, -0.05) is 118 Å². The molecule has 10 nitrogen and oxygen atoms in total. The molecule has 10 heteroatoms. The Hall–Kier alpha value is -4.99. The largest absolute Gasteiger partial charge is 0.480 e. The standard InChI is InChI=1S/C38H48N4O6/c1-7-25(2)33(39-27(4)43)36(45)41(5)31(23-28-17-11-8-12-18-28)35(44)40-34(26(3)30-21-15-10-16-22-30)37(46)42(6)32(38(47)48)24-29-19-13-9-14-20-29/h8-22,25-26,31-34H,7,23-24H2,1-6H3,(H,39,43)(H,40,44)(H,47,48). The van der Waals surface area contributed by atoms with Crippen LogP contribution in [0.1, 0.15) is 56.7 Å². The van der Waals surface area contributed by atoms with E-state index in [0.29, 0.717) is 6.42 Å². The van der Waals surface area contributed by atoms with E-state index in [-0.39, 0.29) is 24.7 Å². The fourth-order valence-electron chi connectivity index (χ4n) is 5.72. The lowest BCUT2D eigenvalue weighted by Gasteiger charge is -2.36. The van der Waals surface area contributed by atoms with Crippen LogP contribution in [0, 0.1) is 5.92 Å². The fraction of sp³-hybridized carbons (Fsp3) is 0.395. The lowest BCUT2D eigenvalue weighted by molar-refractivity contribution is -0.151. The zero-order chi connectivity index (χ0) is 35.4. The highest BCUT2D eigenvalue weighted by Gasteiger charge is 2.39. The second-order valence-corrected chi connectivity index (χ2v) is 12.4. The summed E-state index contributed by atoms with van der Waals surface area (Å²) in [5.74, 6) is -3.88. The average Bonchev–Trinajstić information content (AvgIpc) is 3.09. The van der Waals surface area contributed by atoms with Gasteiger partial charge in [-0.25, -0.2) is 4.79 Å². The summed E-state index contributed by atoms with van der Waals surface area (Å²) in [4.78, 5) is 69.6. The Labute approximate surface area is 283 Å². The van der Waals surface area contributed by atoms with E-state index in [4.69, 9.17) is 0 Å². The van der Waals surface area contributed by atoms with E-state index in [1.54, 1.807) is 31.2 Å². The molecule has 48 heavy (non-hydrogen) atoms. The third-order valence-electron chi connectivity index (χ3n) is 8.99. The number of carboxylic acid groups (broad SMARTS) is 1. The minimum Gasteiger partial charge on any atom is -0.480 e. The van der Waals surface area contributed by atoms with Crippen LogP contribution in [-0.2, 0) is 36.8 Å². The van der Waals surface area contributed by atoms with E-state index < -0.39 is 53.8 Å². The first-order chi connectivity index (χ1) is 22.8. The van der Waals surface area contributed by atoms with Crippen molar-refractivity contribution >= 4 is 29.6 Å². The molecule has 3 rings (SSSR count). The number of hydrogen-bond donors (Lipinski definition) is 3. The third kappa shape index (κ3) is 10.0. The van der Waals surface area contributed by atoms with Crippen molar-refractivity contribution in [1.29, 1.82) is 0 Å². The summed E-state index contributed by atoms with van der Waals surface area (Å²) in [6.45, 7) is 6.92. The molecule has 0 heterocycles. The van der Waals surface area contributed by atoms with Gasteiger partial charge >= 0.3 is 5.97 Å². The number of amides is 4. The number of rotatable bonds is 16. The predicted molar refractivity (Wildman–Crippen MR) is 185 cm³/mol. The van der Waals surface area contributed by atoms with Crippen LogP contribution in [0.4, 0.5) is 0 Å². The number of carbonyl (C=O) groups is 5. The molecule has 4 amide bonds. The van der Waals surface area contributed by atoms with E-state index in [1.807, 2.05) is 80.6 Å². The van der Waals surface area contributed by atoms with Gasteiger partial charge in [0.25, 0.3) is 0 Å². The Balaban J connectivity index is 2.02. The number of benzene rings is 3. The fourth-order valence-corrected chi connectivity index (χ4v) is 5.72. The zero-order valence-corrected chi connectivity index (χ0v) is 28.6. The van der Waals surface area contributed by atoms with Crippen LogP contribution < -0.4 is 10.6 Å². The maximum absolute atomic E-state index is 14.4. The predicted octanol–water partition coefficient (Wildman–Crippen LogP) is 4.05. The number of nitrogens with one attached hydrogen (secondary N) is 2. The lowest BCUT2D eigenvalue weighted by Crippen LogP contribution is -2.60. The maximum Gasteiger partial charge on any atom is 0.326 e. The zero-order valence-electron chi connectivity index (χ0n) is 28.6. The quantitative estimate of drug-likeness (QED) is 0.213. The highest BCUT2D eigenvalue weighted by molar-refractivity contribution is 5.95. The van der Waals surface area contributed by atoms with Crippen LogP contribution in [0.3, 0.4) is 0 Å². The molecule has 0 fully saturated rings. The summed E-state index contributed by atoms with van der Waals surface area (Å²) in [6.07, 6.45) is 0.836. The molecule has 6 atom stereocenters. The number of carbonyl (C=O) groups excluding carboxylic acids is 4. The Morgan fingerprint density at radius 1 is 0.667 bits per heavy atom. The average molecular weight is 657 g/mol. The molecule has 0 aromatic heterocycles. The van der Waals surface area contributed by atoms with Gasteiger partial charge in [-0.05, 0) is 22.6 Å². The summed E-state index contributed by atoms with van der Waals surface area (Å²) >= 11 is 0. The first-order valence-electron chi connectivity index (χ1n) is 16.3. The Morgan fingerprint density at radius 2 is 1.10 bits per heavy atom. The monoisotopic (exact) mass is 656 g/mol. The molecule has 0 aliphatic rings. The van der Waals surface area contributed by atoms with Gasteiger partial charge in [0, 0.05) is 39.8 Å². The first-order valence-corrected chi connectivity index (χ1v) is 16.3. The minimum absolute atomic E-state index is 0.0762. The number of likely N-dealkylation sites (N-methyl/N-ethyl adjacent to an activating group) is 2. The van der Waals surface area contributed by atoms with Gasteiger partial charge in [-0.15, -0.1) is 0 Å². The molecule has 3 N–H and O–H groups in total. The second-order valence-electron chi connectivity index (χ2n) is 12.4. The van der Waals surface area contributed by atoms with Crippen LogP contribution >= 0.6 is 0 Å². The third-order valence-corrected chi connectivity index (χ3v) is 8.99. The van der Waals surface area contributed by atoms with Crippen molar-refractivity contribution in [3.8, 4) is 0 Å². The van der Waals surface area contributed by atoms with Crippen LogP contribution in [0.15, 0.2) is 91.0 Å². The van der Waals surface area contributed by atoms with Gasteiger partial charge in [0.1, 0.15) is 24.2 Å². The number of carboxylic acids is 1. The van der Waals surface area contributed by atoms with Crippen molar-refractivity contribution in [3.05, 3.63) is 108 Å². The SMILES string of the molecule is CCC(C)C(NC(C)=O)C(=O)N(C)C(Cc1ccccc1)C(=O)NC(C(=O)N(C)C(Cc1ccccc1)C(=O)O)C(C)c1ccccc1. The molecule has 0 saturated heterocycles. The molecular weight excluding hydrogens is 608 g/mol. The number of aliphatic carboxylic acids is 1.